The average molecular weight is 338 g/mol. The lowest BCUT2D eigenvalue weighted by Crippen LogP contribution is -2.32. The summed E-state index contributed by atoms with van der Waals surface area (Å²) in [4.78, 5) is 0. The molecule has 1 aliphatic rings. The van der Waals surface area contributed by atoms with Gasteiger partial charge in [0.2, 0.25) is 5.88 Å². The summed E-state index contributed by atoms with van der Waals surface area (Å²) < 4.78 is 21.6. The zero-order valence-corrected chi connectivity index (χ0v) is 13.8. The number of nitrogens with two attached hydrogens (primary N) is 1. The highest BCUT2D eigenvalue weighted by Crippen LogP contribution is 2.48. The number of hydrogen-bond donors (Lipinski definition) is 1. The molecule has 1 unspecified atom stereocenters. The van der Waals surface area contributed by atoms with Crippen molar-refractivity contribution in [3.8, 4) is 29.7 Å². The van der Waals surface area contributed by atoms with Gasteiger partial charge >= 0.3 is 0 Å². The Morgan fingerprint density at radius 3 is 2.20 bits per heavy atom. The second-order valence-corrected chi connectivity index (χ2v) is 4.82. The van der Waals surface area contributed by atoms with Gasteiger partial charge in [0.25, 0.3) is 5.79 Å². The SMILES string of the molecule is COc1ccc(C2(OC)OC(N)=C(C#N)C2=C(C#N)C#N)cc1OC. The minimum absolute atomic E-state index is 0.0489. The minimum atomic E-state index is -1.73. The normalized spacial score (nSPS) is 18.6. The van der Waals surface area contributed by atoms with Crippen LogP contribution in [-0.4, -0.2) is 21.3 Å². The summed E-state index contributed by atoms with van der Waals surface area (Å²) in [6.45, 7) is 0. The lowest BCUT2D eigenvalue weighted by atomic mass is 9.90. The highest BCUT2D eigenvalue weighted by Gasteiger charge is 2.50. The van der Waals surface area contributed by atoms with E-state index in [0.717, 1.165) is 0 Å². The Bertz CT molecular complexity index is 883. The number of hydrogen-bond acceptors (Lipinski definition) is 8. The van der Waals surface area contributed by atoms with Crippen LogP contribution in [0, 0.1) is 34.0 Å². The molecule has 1 aliphatic heterocycles. The number of rotatable bonds is 4. The maximum atomic E-state index is 9.38. The molecule has 1 atom stereocenters. The zero-order valence-electron chi connectivity index (χ0n) is 13.8. The Hall–Kier alpha value is -3.67. The Morgan fingerprint density at radius 1 is 1.08 bits per heavy atom. The third-order valence-corrected chi connectivity index (χ3v) is 3.72. The molecule has 8 nitrogen and oxygen atoms in total. The standard InChI is InChI=1S/C17H14N4O4/c1-22-13-5-4-11(6-14(13)23-2)17(24-3)15(10(7-18)8-19)12(9-20)16(21)25-17/h4-6H,21H2,1-3H3. The van der Waals surface area contributed by atoms with Crippen molar-refractivity contribution in [2.24, 2.45) is 5.73 Å². The van der Waals surface area contributed by atoms with E-state index in [9.17, 15) is 15.8 Å². The van der Waals surface area contributed by atoms with Gasteiger partial charge in [0, 0.05) is 12.7 Å². The number of ether oxygens (including phenoxy) is 4. The van der Waals surface area contributed by atoms with E-state index < -0.39 is 5.79 Å². The smallest absolute Gasteiger partial charge is 0.269 e. The van der Waals surface area contributed by atoms with Gasteiger partial charge in [-0.15, -0.1) is 0 Å². The molecule has 126 valence electrons. The molecule has 2 N–H and O–H groups in total. The second kappa shape index (κ2) is 6.84. The zero-order chi connectivity index (χ0) is 18.6. The first kappa shape index (κ1) is 17.7. The van der Waals surface area contributed by atoms with Gasteiger partial charge < -0.3 is 24.7 Å². The van der Waals surface area contributed by atoms with Crippen LogP contribution in [0.1, 0.15) is 5.56 Å². The number of allylic oxidation sites excluding steroid dienone is 1. The number of nitriles is 3. The van der Waals surface area contributed by atoms with E-state index in [1.54, 1.807) is 30.3 Å². The molecular weight excluding hydrogens is 324 g/mol. The molecule has 25 heavy (non-hydrogen) atoms. The molecule has 0 aliphatic carbocycles. The molecule has 0 fully saturated rings. The number of methoxy groups -OCH3 is 3. The van der Waals surface area contributed by atoms with Crippen molar-refractivity contribution in [1.82, 2.24) is 0 Å². The lowest BCUT2D eigenvalue weighted by molar-refractivity contribution is -0.167. The second-order valence-electron chi connectivity index (χ2n) is 4.82. The molecule has 0 radical (unpaired) electrons. The highest BCUT2D eigenvalue weighted by molar-refractivity contribution is 5.62. The minimum Gasteiger partial charge on any atom is -0.493 e. The van der Waals surface area contributed by atoms with Crippen LogP contribution in [0.15, 0.2) is 40.8 Å². The molecular formula is C17H14N4O4. The van der Waals surface area contributed by atoms with Crippen molar-refractivity contribution < 1.29 is 18.9 Å². The molecule has 0 aromatic heterocycles. The molecule has 0 bridgehead atoms. The summed E-state index contributed by atoms with van der Waals surface area (Å²) in [7, 11) is 4.26. The first-order chi connectivity index (χ1) is 12.0. The Morgan fingerprint density at radius 2 is 1.72 bits per heavy atom. The monoisotopic (exact) mass is 338 g/mol. The fourth-order valence-corrected chi connectivity index (χ4v) is 2.59. The first-order valence-electron chi connectivity index (χ1n) is 6.94. The van der Waals surface area contributed by atoms with E-state index in [4.69, 9.17) is 24.7 Å². The van der Waals surface area contributed by atoms with Gasteiger partial charge in [0.05, 0.1) is 19.8 Å². The van der Waals surface area contributed by atoms with Crippen LogP contribution in [0.5, 0.6) is 11.5 Å². The van der Waals surface area contributed by atoms with E-state index in [2.05, 4.69) is 0 Å². The Labute approximate surface area is 144 Å². The van der Waals surface area contributed by atoms with E-state index in [0.29, 0.717) is 17.1 Å². The molecule has 0 amide bonds. The highest BCUT2D eigenvalue weighted by atomic mass is 16.7. The van der Waals surface area contributed by atoms with Gasteiger partial charge in [-0.2, -0.15) is 15.8 Å². The summed E-state index contributed by atoms with van der Waals surface area (Å²) in [5.41, 5.74) is 5.64. The van der Waals surface area contributed by atoms with Crippen LogP contribution in [0.2, 0.25) is 0 Å². The third kappa shape index (κ3) is 2.59. The van der Waals surface area contributed by atoms with Crippen molar-refractivity contribution in [2.45, 2.75) is 5.79 Å². The molecule has 0 saturated heterocycles. The van der Waals surface area contributed by atoms with E-state index in [-0.39, 0.29) is 22.6 Å². The fraction of sp³-hybridized carbons (Fsp3) is 0.235. The van der Waals surface area contributed by atoms with Gasteiger partial charge in [-0.05, 0) is 18.2 Å². The van der Waals surface area contributed by atoms with Crippen molar-refractivity contribution >= 4 is 0 Å². The molecule has 0 spiro atoms. The van der Waals surface area contributed by atoms with Crippen molar-refractivity contribution in [2.75, 3.05) is 21.3 Å². The van der Waals surface area contributed by atoms with E-state index in [1.165, 1.54) is 21.3 Å². The van der Waals surface area contributed by atoms with Gasteiger partial charge in [0.15, 0.2) is 11.5 Å². The largest absolute Gasteiger partial charge is 0.493 e. The molecule has 1 aromatic carbocycles. The maximum Gasteiger partial charge on any atom is 0.269 e. The summed E-state index contributed by atoms with van der Waals surface area (Å²) in [5.74, 6) is -1.13. The lowest BCUT2D eigenvalue weighted by Gasteiger charge is -2.30. The molecule has 1 heterocycles. The van der Waals surface area contributed by atoms with E-state index >= 15 is 0 Å². The average Bonchev–Trinajstić information content (AvgIpc) is 2.94. The predicted octanol–water partition coefficient (Wildman–Crippen LogP) is 1.57. The Kier molecular flexibility index (Phi) is 4.84. The van der Waals surface area contributed by atoms with E-state index in [1.807, 2.05) is 6.07 Å². The van der Waals surface area contributed by atoms with Crippen molar-refractivity contribution in [3.63, 3.8) is 0 Å². The summed E-state index contributed by atoms with van der Waals surface area (Å²) in [5, 5.41) is 28.0. The van der Waals surface area contributed by atoms with Gasteiger partial charge in [-0.25, -0.2) is 0 Å². The first-order valence-corrected chi connectivity index (χ1v) is 6.94. The topological polar surface area (TPSA) is 134 Å². The van der Waals surface area contributed by atoms with Crippen LogP contribution in [0.25, 0.3) is 0 Å². The van der Waals surface area contributed by atoms with Crippen LogP contribution < -0.4 is 15.2 Å². The molecule has 2 rings (SSSR count). The van der Waals surface area contributed by atoms with Gasteiger partial charge in [-0.3, -0.25) is 0 Å². The molecule has 1 aromatic rings. The number of benzene rings is 1. The van der Waals surface area contributed by atoms with Crippen molar-refractivity contribution in [3.05, 3.63) is 46.4 Å². The fourth-order valence-electron chi connectivity index (χ4n) is 2.59. The third-order valence-electron chi connectivity index (χ3n) is 3.72. The van der Waals surface area contributed by atoms with Crippen LogP contribution in [0.4, 0.5) is 0 Å². The summed E-state index contributed by atoms with van der Waals surface area (Å²) in [6.07, 6.45) is 0. The van der Waals surface area contributed by atoms with Crippen LogP contribution in [0.3, 0.4) is 0 Å². The molecule has 0 saturated carbocycles. The Balaban J connectivity index is 2.81. The van der Waals surface area contributed by atoms with Gasteiger partial charge in [-0.1, -0.05) is 0 Å². The van der Waals surface area contributed by atoms with Crippen LogP contribution >= 0.6 is 0 Å². The maximum absolute atomic E-state index is 9.38. The van der Waals surface area contributed by atoms with Crippen LogP contribution in [-0.2, 0) is 15.3 Å². The van der Waals surface area contributed by atoms with Gasteiger partial charge in [0.1, 0.15) is 29.4 Å². The molecule has 8 heteroatoms. The van der Waals surface area contributed by atoms with Crippen molar-refractivity contribution in [1.29, 1.82) is 15.8 Å². The number of nitrogens with zero attached hydrogens (tertiary/aromatic N) is 3. The quantitative estimate of drug-likeness (QED) is 0.817. The summed E-state index contributed by atoms with van der Waals surface area (Å²) >= 11 is 0. The predicted molar refractivity (Wildman–Crippen MR) is 84.4 cm³/mol. The summed E-state index contributed by atoms with van der Waals surface area (Å²) in [6, 6.07) is 10.1.